The molecule has 1 saturated heterocycles. The van der Waals surface area contributed by atoms with Crippen molar-refractivity contribution in [3.05, 3.63) is 34.9 Å². The van der Waals surface area contributed by atoms with E-state index in [1.54, 1.807) is 4.90 Å². The molecule has 0 bridgehead atoms. The fourth-order valence-electron chi connectivity index (χ4n) is 2.71. The maximum absolute atomic E-state index is 12.1. The zero-order valence-corrected chi connectivity index (χ0v) is 14.6. The SMILES string of the molecule is CC(C)CCNC(=O)C1CC(=O)N(CCc2ccc(Cl)cc2)C1. The quantitative estimate of drug-likeness (QED) is 0.832. The first-order valence-electron chi connectivity index (χ1n) is 8.25. The smallest absolute Gasteiger partial charge is 0.225 e. The number of benzene rings is 1. The third-order valence-corrected chi connectivity index (χ3v) is 4.44. The van der Waals surface area contributed by atoms with Crippen LogP contribution < -0.4 is 5.32 Å². The Bertz CT molecular complexity index is 542. The average molecular weight is 337 g/mol. The van der Waals surface area contributed by atoms with Crippen LogP contribution >= 0.6 is 11.6 Å². The zero-order valence-electron chi connectivity index (χ0n) is 13.8. The van der Waals surface area contributed by atoms with Crippen molar-refractivity contribution < 1.29 is 9.59 Å². The lowest BCUT2D eigenvalue weighted by atomic mass is 10.1. The van der Waals surface area contributed by atoms with Crippen molar-refractivity contribution in [2.45, 2.75) is 33.1 Å². The Kier molecular flexibility index (Phi) is 6.46. The molecule has 1 unspecified atom stereocenters. The number of nitrogens with zero attached hydrogens (tertiary/aromatic N) is 1. The van der Waals surface area contributed by atoms with Crippen molar-refractivity contribution in [3.8, 4) is 0 Å². The normalized spacial score (nSPS) is 17.8. The summed E-state index contributed by atoms with van der Waals surface area (Å²) >= 11 is 5.87. The summed E-state index contributed by atoms with van der Waals surface area (Å²) in [6, 6.07) is 7.65. The minimum absolute atomic E-state index is 0.00740. The summed E-state index contributed by atoms with van der Waals surface area (Å²) < 4.78 is 0. The van der Waals surface area contributed by atoms with Gasteiger partial charge in [0.05, 0.1) is 5.92 Å². The van der Waals surface area contributed by atoms with Crippen LogP contribution in [0.5, 0.6) is 0 Å². The summed E-state index contributed by atoms with van der Waals surface area (Å²) in [6.07, 6.45) is 2.07. The Morgan fingerprint density at radius 3 is 2.70 bits per heavy atom. The van der Waals surface area contributed by atoms with E-state index in [2.05, 4.69) is 19.2 Å². The van der Waals surface area contributed by atoms with Crippen LogP contribution in [0.1, 0.15) is 32.3 Å². The molecule has 1 atom stereocenters. The van der Waals surface area contributed by atoms with Gasteiger partial charge in [-0.25, -0.2) is 0 Å². The van der Waals surface area contributed by atoms with Gasteiger partial charge in [-0.3, -0.25) is 9.59 Å². The number of hydrogen-bond donors (Lipinski definition) is 1. The van der Waals surface area contributed by atoms with E-state index in [-0.39, 0.29) is 17.7 Å². The molecule has 0 aliphatic carbocycles. The van der Waals surface area contributed by atoms with Gasteiger partial charge in [0.2, 0.25) is 11.8 Å². The second-order valence-electron chi connectivity index (χ2n) is 6.59. The van der Waals surface area contributed by atoms with Gasteiger partial charge < -0.3 is 10.2 Å². The Morgan fingerprint density at radius 1 is 1.35 bits per heavy atom. The van der Waals surface area contributed by atoms with E-state index >= 15 is 0 Å². The van der Waals surface area contributed by atoms with Gasteiger partial charge >= 0.3 is 0 Å². The lowest BCUT2D eigenvalue weighted by Crippen LogP contribution is -2.34. The minimum atomic E-state index is -0.208. The molecule has 1 N–H and O–H groups in total. The minimum Gasteiger partial charge on any atom is -0.356 e. The predicted octanol–water partition coefficient (Wildman–Crippen LogP) is 2.89. The van der Waals surface area contributed by atoms with Crippen LogP contribution in [0.25, 0.3) is 0 Å². The molecular weight excluding hydrogens is 312 g/mol. The first-order valence-corrected chi connectivity index (χ1v) is 8.63. The molecule has 126 valence electrons. The highest BCUT2D eigenvalue weighted by Gasteiger charge is 2.33. The van der Waals surface area contributed by atoms with Crippen LogP contribution in [0.4, 0.5) is 0 Å². The van der Waals surface area contributed by atoms with E-state index in [1.165, 1.54) is 0 Å². The summed E-state index contributed by atoms with van der Waals surface area (Å²) in [7, 11) is 0. The summed E-state index contributed by atoms with van der Waals surface area (Å²) in [5.41, 5.74) is 1.15. The zero-order chi connectivity index (χ0) is 16.8. The van der Waals surface area contributed by atoms with Gasteiger partial charge in [0, 0.05) is 31.1 Å². The number of hydrogen-bond acceptors (Lipinski definition) is 2. The van der Waals surface area contributed by atoms with Gasteiger partial charge in [-0.15, -0.1) is 0 Å². The number of halogens is 1. The molecule has 1 heterocycles. The second kappa shape index (κ2) is 8.34. The molecule has 1 aromatic rings. The lowest BCUT2D eigenvalue weighted by molar-refractivity contribution is -0.129. The topological polar surface area (TPSA) is 49.4 Å². The molecule has 1 aliphatic rings. The van der Waals surface area contributed by atoms with Gasteiger partial charge in [-0.2, -0.15) is 0 Å². The van der Waals surface area contributed by atoms with Crippen molar-refractivity contribution in [1.29, 1.82) is 0 Å². The monoisotopic (exact) mass is 336 g/mol. The van der Waals surface area contributed by atoms with Crippen molar-refractivity contribution >= 4 is 23.4 Å². The Morgan fingerprint density at radius 2 is 2.04 bits per heavy atom. The van der Waals surface area contributed by atoms with Crippen LogP contribution in [0.15, 0.2) is 24.3 Å². The van der Waals surface area contributed by atoms with Crippen LogP contribution in [0, 0.1) is 11.8 Å². The molecule has 2 amide bonds. The molecule has 1 aromatic carbocycles. The number of rotatable bonds is 7. The van der Waals surface area contributed by atoms with Gasteiger partial charge in [-0.05, 0) is 36.5 Å². The molecule has 1 fully saturated rings. The van der Waals surface area contributed by atoms with E-state index in [0.29, 0.717) is 37.0 Å². The van der Waals surface area contributed by atoms with Crippen molar-refractivity contribution in [3.63, 3.8) is 0 Å². The highest BCUT2D eigenvalue weighted by Crippen LogP contribution is 2.19. The Hall–Kier alpha value is -1.55. The highest BCUT2D eigenvalue weighted by molar-refractivity contribution is 6.30. The first-order chi connectivity index (χ1) is 11.0. The molecule has 0 spiro atoms. The summed E-state index contributed by atoms with van der Waals surface area (Å²) in [4.78, 5) is 26.0. The van der Waals surface area contributed by atoms with Gasteiger partial charge in [-0.1, -0.05) is 37.6 Å². The largest absolute Gasteiger partial charge is 0.356 e. The molecule has 5 heteroatoms. The van der Waals surface area contributed by atoms with E-state index in [1.807, 2.05) is 24.3 Å². The van der Waals surface area contributed by atoms with Crippen LogP contribution in [-0.2, 0) is 16.0 Å². The van der Waals surface area contributed by atoms with Gasteiger partial charge in [0.15, 0.2) is 0 Å². The first kappa shape index (κ1) is 17.8. The third-order valence-electron chi connectivity index (χ3n) is 4.19. The average Bonchev–Trinajstić information content (AvgIpc) is 2.87. The second-order valence-corrected chi connectivity index (χ2v) is 7.03. The maximum atomic E-state index is 12.1. The predicted molar refractivity (Wildman–Crippen MR) is 92.3 cm³/mol. The molecule has 23 heavy (non-hydrogen) atoms. The molecule has 2 rings (SSSR count). The van der Waals surface area contributed by atoms with E-state index < -0.39 is 0 Å². The van der Waals surface area contributed by atoms with Crippen molar-refractivity contribution in [1.82, 2.24) is 10.2 Å². The third kappa shape index (κ3) is 5.54. The Labute approximate surface area is 143 Å². The Balaban J connectivity index is 1.78. The highest BCUT2D eigenvalue weighted by atomic mass is 35.5. The van der Waals surface area contributed by atoms with Crippen LogP contribution in [0.3, 0.4) is 0 Å². The molecule has 1 aliphatic heterocycles. The standard InChI is InChI=1S/C18H25ClN2O2/c1-13(2)7-9-20-18(23)15-11-17(22)21(12-15)10-8-14-3-5-16(19)6-4-14/h3-6,13,15H,7-12H2,1-2H3,(H,20,23). The number of nitrogens with one attached hydrogen (secondary N) is 1. The molecule has 0 radical (unpaired) electrons. The van der Waals surface area contributed by atoms with E-state index in [0.717, 1.165) is 18.4 Å². The summed E-state index contributed by atoms with van der Waals surface area (Å²) in [6.45, 7) is 6.12. The number of carbonyl (C=O) groups excluding carboxylic acids is 2. The van der Waals surface area contributed by atoms with Gasteiger partial charge in [0.25, 0.3) is 0 Å². The molecule has 0 saturated carbocycles. The lowest BCUT2D eigenvalue weighted by Gasteiger charge is -2.16. The molecular formula is C18H25ClN2O2. The van der Waals surface area contributed by atoms with Gasteiger partial charge in [0.1, 0.15) is 0 Å². The number of carbonyl (C=O) groups is 2. The van der Waals surface area contributed by atoms with Crippen LogP contribution in [0.2, 0.25) is 5.02 Å². The maximum Gasteiger partial charge on any atom is 0.225 e. The van der Waals surface area contributed by atoms with Crippen LogP contribution in [-0.4, -0.2) is 36.3 Å². The van der Waals surface area contributed by atoms with Crippen molar-refractivity contribution in [2.24, 2.45) is 11.8 Å². The number of amides is 2. The van der Waals surface area contributed by atoms with E-state index in [9.17, 15) is 9.59 Å². The fraction of sp³-hybridized carbons (Fsp3) is 0.556. The summed E-state index contributed by atoms with van der Waals surface area (Å²) in [5, 5.41) is 3.66. The number of likely N-dealkylation sites (tertiary alicyclic amines) is 1. The summed E-state index contributed by atoms with van der Waals surface area (Å²) in [5.74, 6) is 0.437. The fourth-order valence-corrected chi connectivity index (χ4v) is 2.83. The van der Waals surface area contributed by atoms with Crippen molar-refractivity contribution in [2.75, 3.05) is 19.6 Å². The molecule has 0 aromatic heterocycles. The van der Waals surface area contributed by atoms with E-state index in [4.69, 9.17) is 11.6 Å². The molecule has 4 nitrogen and oxygen atoms in total.